The average Bonchev–Trinajstić information content (AvgIpc) is 2.98. The zero-order valence-corrected chi connectivity index (χ0v) is 14.2. The highest BCUT2D eigenvalue weighted by Gasteiger charge is 2.10. The van der Waals surface area contributed by atoms with Crippen LogP contribution < -0.4 is 5.32 Å². The number of non-ortho nitro benzene ring substituents is 1. The van der Waals surface area contributed by atoms with Crippen LogP contribution in [-0.2, 0) is 4.79 Å². The van der Waals surface area contributed by atoms with Crippen LogP contribution in [0.1, 0.15) is 0 Å². The number of aromatic nitrogens is 2. The van der Waals surface area contributed by atoms with Gasteiger partial charge in [-0.05, 0) is 12.1 Å². The zero-order valence-electron chi connectivity index (χ0n) is 11.8. The van der Waals surface area contributed by atoms with E-state index in [4.69, 9.17) is 0 Å². The fraction of sp³-hybridized carbons (Fsp3) is 0.154. The molecule has 0 bridgehead atoms. The van der Waals surface area contributed by atoms with Crippen molar-refractivity contribution >= 4 is 51.6 Å². The molecule has 10 heteroatoms. The molecule has 2 aromatic rings. The number of nitro benzene ring substituents is 1. The molecule has 23 heavy (non-hydrogen) atoms. The summed E-state index contributed by atoms with van der Waals surface area (Å²) in [6, 6.07) is 6.05. The zero-order chi connectivity index (χ0) is 16.7. The number of anilines is 1. The molecular weight excluding hydrogens is 356 g/mol. The van der Waals surface area contributed by atoms with E-state index < -0.39 is 4.92 Å². The predicted molar refractivity (Wildman–Crippen MR) is 93.3 cm³/mol. The highest BCUT2D eigenvalue weighted by molar-refractivity contribution is 8.01. The van der Waals surface area contributed by atoms with Crippen molar-refractivity contribution in [3.63, 3.8) is 0 Å². The van der Waals surface area contributed by atoms with Crippen LogP contribution in [0.25, 0.3) is 0 Å². The minimum Gasteiger partial charge on any atom is -0.300 e. The Morgan fingerprint density at radius 3 is 2.74 bits per heavy atom. The van der Waals surface area contributed by atoms with Crippen LogP contribution in [0.4, 0.5) is 10.8 Å². The lowest BCUT2D eigenvalue weighted by molar-refractivity contribution is -0.384. The van der Waals surface area contributed by atoms with E-state index in [9.17, 15) is 14.9 Å². The summed E-state index contributed by atoms with van der Waals surface area (Å²) >= 11 is 4.09. The Labute approximate surface area is 144 Å². The number of nitrogens with zero attached hydrogens (tertiary/aromatic N) is 3. The summed E-state index contributed by atoms with van der Waals surface area (Å²) in [6.07, 6.45) is 1.77. The third kappa shape index (κ3) is 5.66. The lowest BCUT2D eigenvalue weighted by atomic mass is 10.3. The van der Waals surface area contributed by atoms with Gasteiger partial charge in [-0.1, -0.05) is 29.2 Å². The number of amides is 1. The standard InChI is InChI=1S/C13H12N4O3S3/c1-2-7-21-13-16-15-12(23-13)14-11(18)8-22-10-5-3-9(4-6-10)17(19)20/h2-6H,1,7-8H2,(H,14,15,18). The topological polar surface area (TPSA) is 98.0 Å². The Kier molecular flexibility index (Phi) is 6.56. The molecule has 0 aliphatic heterocycles. The van der Waals surface area contributed by atoms with Gasteiger partial charge in [0.2, 0.25) is 11.0 Å². The number of hydrogen-bond acceptors (Lipinski definition) is 8. The molecule has 1 aromatic carbocycles. The van der Waals surface area contributed by atoms with Crippen molar-refractivity contribution in [2.75, 3.05) is 16.8 Å². The first-order valence-electron chi connectivity index (χ1n) is 6.33. The van der Waals surface area contributed by atoms with Gasteiger partial charge in [0.15, 0.2) is 4.34 Å². The summed E-state index contributed by atoms with van der Waals surface area (Å²) in [6.45, 7) is 3.62. The van der Waals surface area contributed by atoms with E-state index in [1.165, 1.54) is 47.0 Å². The summed E-state index contributed by atoms with van der Waals surface area (Å²) in [7, 11) is 0. The number of nitrogens with one attached hydrogen (secondary N) is 1. The maximum atomic E-state index is 11.9. The van der Waals surface area contributed by atoms with Gasteiger partial charge >= 0.3 is 0 Å². The normalized spacial score (nSPS) is 10.3. The number of benzene rings is 1. The van der Waals surface area contributed by atoms with Crippen LogP contribution in [0.2, 0.25) is 0 Å². The minimum absolute atomic E-state index is 0.0252. The Morgan fingerprint density at radius 2 is 2.09 bits per heavy atom. The molecule has 1 N–H and O–H groups in total. The molecular formula is C13H12N4O3S3. The van der Waals surface area contributed by atoms with E-state index in [1.54, 1.807) is 18.2 Å². The van der Waals surface area contributed by atoms with Gasteiger partial charge in [-0.3, -0.25) is 20.2 Å². The third-order valence-electron chi connectivity index (χ3n) is 2.39. The molecule has 0 aliphatic carbocycles. The van der Waals surface area contributed by atoms with E-state index in [0.29, 0.717) is 5.13 Å². The first-order valence-corrected chi connectivity index (χ1v) is 9.11. The summed E-state index contributed by atoms with van der Waals surface area (Å²) in [5, 5.41) is 21.5. The van der Waals surface area contributed by atoms with Crippen LogP contribution in [-0.4, -0.2) is 32.5 Å². The summed E-state index contributed by atoms with van der Waals surface area (Å²) in [5.74, 6) is 0.718. The van der Waals surface area contributed by atoms with Crippen molar-refractivity contribution in [3.05, 3.63) is 47.0 Å². The maximum absolute atomic E-state index is 11.9. The fourth-order valence-electron chi connectivity index (χ4n) is 1.42. The van der Waals surface area contributed by atoms with Gasteiger partial charge in [0.25, 0.3) is 5.69 Å². The monoisotopic (exact) mass is 368 g/mol. The van der Waals surface area contributed by atoms with E-state index in [2.05, 4.69) is 22.1 Å². The predicted octanol–water partition coefficient (Wildman–Crippen LogP) is 3.46. The average molecular weight is 368 g/mol. The van der Waals surface area contributed by atoms with Crippen LogP contribution in [0.5, 0.6) is 0 Å². The van der Waals surface area contributed by atoms with Crippen LogP contribution in [0, 0.1) is 10.1 Å². The Balaban J connectivity index is 1.81. The molecule has 0 spiro atoms. The van der Waals surface area contributed by atoms with E-state index in [1.807, 2.05) is 0 Å². The molecule has 0 saturated carbocycles. The molecule has 0 fully saturated rings. The molecule has 1 amide bonds. The van der Waals surface area contributed by atoms with Crippen LogP contribution in [0.3, 0.4) is 0 Å². The van der Waals surface area contributed by atoms with Crippen molar-refractivity contribution in [2.24, 2.45) is 0 Å². The number of nitro groups is 1. The molecule has 0 atom stereocenters. The van der Waals surface area contributed by atoms with Crippen molar-refractivity contribution in [1.29, 1.82) is 0 Å². The molecule has 1 heterocycles. The number of thioether (sulfide) groups is 2. The molecule has 1 aromatic heterocycles. The van der Waals surface area contributed by atoms with Gasteiger partial charge in [0, 0.05) is 22.8 Å². The molecule has 0 radical (unpaired) electrons. The van der Waals surface area contributed by atoms with Crippen molar-refractivity contribution in [2.45, 2.75) is 9.24 Å². The Bertz CT molecular complexity index is 703. The van der Waals surface area contributed by atoms with Crippen molar-refractivity contribution in [1.82, 2.24) is 10.2 Å². The maximum Gasteiger partial charge on any atom is 0.269 e. The van der Waals surface area contributed by atoms with E-state index in [0.717, 1.165) is 15.0 Å². The van der Waals surface area contributed by atoms with E-state index >= 15 is 0 Å². The van der Waals surface area contributed by atoms with Crippen LogP contribution >= 0.6 is 34.9 Å². The Morgan fingerprint density at radius 1 is 1.35 bits per heavy atom. The quantitative estimate of drug-likeness (QED) is 0.250. The number of hydrogen-bond donors (Lipinski definition) is 1. The summed E-state index contributed by atoms with van der Waals surface area (Å²) in [5.41, 5.74) is 0.0252. The Hall–Kier alpha value is -1.91. The molecule has 120 valence electrons. The lowest BCUT2D eigenvalue weighted by Crippen LogP contribution is -2.13. The summed E-state index contributed by atoms with van der Waals surface area (Å²) in [4.78, 5) is 22.7. The van der Waals surface area contributed by atoms with Gasteiger partial charge in [0.1, 0.15) is 0 Å². The number of rotatable bonds is 8. The van der Waals surface area contributed by atoms with Gasteiger partial charge in [-0.15, -0.1) is 28.5 Å². The van der Waals surface area contributed by atoms with Gasteiger partial charge in [0.05, 0.1) is 10.7 Å². The van der Waals surface area contributed by atoms with Crippen molar-refractivity contribution < 1.29 is 9.72 Å². The lowest BCUT2D eigenvalue weighted by Gasteiger charge is -2.01. The fourth-order valence-corrected chi connectivity index (χ4v) is 3.64. The smallest absolute Gasteiger partial charge is 0.269 e. The minimum atomic E-state index is -0.460. The van der Waals surface area contributed by atoms with Gasteiger partial charge < -0.3 is 0 Å². The SMILES string of the molecule is C=CCSc1nnc(NC(=O)CSc2ccc([N+](=O)[O-])cc2)s1. The third-order valence-corrected chi connectivity index (χ3v) is 5.37. The first kappa shape index (κ1) is 17.4. The second-order valence-electron chi connectivity index (χ2n) is 4.06. The second kappa shape index (κ2) is 8.65. The highest BCUT2D eigenvalue weighted by atomic mass is 32.2. The van der Waals surface area contributed by atoms with Gasteiger partial charge in [-0.25, -0.2) is 0 Å². The number of carbonyl (C=O) groups is 1. The largest absolute Gasteiger partial charge is 0.300 e. The molecule has 0 unspecified atom stereocenters. The molecule has 0 saturated heterocycles. The van der Waals surface area contributed by atoms with Gasteiger partial charge in [-0.2, -0.15) is 0 Å². The van der Waals surface area contributed by atoms with Crippen molar-refractivity contribution in [3.8, 4) is 0 Å². The van der Waals surface area contributed by atoms with E-state index in [-0.39, 0.29) is 17.3 Å². The molecule has 0 aliphatic rings. The highest BCUT2D eigenvalue weighted by Crippen LogP contribution is 2.26. The first-order chi connectivity index (χ1) is 11.1. The second-order valence-corrected chi connectivity index (χ2v) is 7.35. The summed E-state index contributed by atoms with van der Waals surface area (Å²) < 4.78 is 0.767. The molecule has 7 nitrogen and oxygen atoms in total. The van der Waals surface area contributed by atoms with Crippen LogP contribution in [0.15, 0.2) is 46.2 Å². The number of carbonyl (C=O) groups excluding carboxylic acids is 1. The molecule has 2 rings (SSSR count).